The lowest BCUT2D eigenvalue weighted by atomic mass is 10.1. The number of nitrogens with zero attached hydrogens (tertiary/aromatic N) is 2. The van der Waals surface area contributed by atoms with Crippen LogP contribution in [-0.2, 0) is 0 Å². The highest BCUT2D eigenvalue weighted by molar-refractivity contribution is 14.1. The molecule has 1 aliphatic heterocycles. The van der Waals surface area contributed by atoms with Crippen LogP contribution in [0.25, 0.3) is 0 Å². The number of fused-ring (bicyclic) bond motifs is 1. The van der Waals surface area contributed by atoms with Gasteiger partial charge in [-0.15, -0.1) is 0 Å². The Morgan fingerprint density at radius 3 is 2.36 bits per heavy atom. The number of alkyl halides is 1. The van der Waals surface area contributed by atoms with E-state index in [0.29, 0.717) is 5.69 Å². The Morgan fingerprint density at radius 1 is 0.920 bits per heavy atom. The highest BCUT2D eigenvalue weighted by Crippen LogP contribution is 2.46. The summed E-state index contributed by atoms with van der Waals surface area (Å²) in [7, 11) is 0. The maximum Gasteiger partial charge on any atom is 0.159 e. The van der Waals surface area contributed by atoms with Gasteiger partial charge >= 0.3 is 0 Å². The zero-order chi connectivity index (χ0) is 17.8. The predicted octanol–water partition coefficient (Wildman–Crippen LogP) is 6.61. The third-order valence-electron chi connectivity index (χ3n) is 4.59. The van der Waals surface area contributed by atoms with Crippen molar-refractivity contribution in [1.82, 2.24) is 0 Å². The Hall–Kier alpha value is -1.37. The van der Waals surface area contributed by atoms with Gasteiger partial charge in [-0.25, -0.2) is 8.78 Å². The van der Waals surface area contributed by atoms with Crippen molar-refractivity contribution in [1.29, 1.82) is 0 Å². The zero-order valence-electron chi connectivity index (χ0n) is 14.4. The summed E-state index contributed by atoms with van der Waals surface area (Å²) < 4.78 is 27.7. The molecule has 1 atom stereocenters. The lowest BCUT2D eigenvalue weighted by Gasteiger charge is -2.29. The van der Waals surface area contributed by atoms with Crippen molar-refractivity contribution in [2.24, 2.45) is 0 Å². The van der Waals surface area contributed by atoms with Crippen molar-refractivity contribution in [2.45, 2.75) is 43.2 Å². The van der Waals surface area contributed by atoms with Gasteiger partial charge in [-0.1, -0.05) is 44.7 Å². The number of hydrogen-bond donors (Lipinski definition) is 0. The van der Waals surface area contributed by atoms with Gasteiger partial charge in [0.15, 0.2) is 4.17 Å². The quantitative estimate of drug-likeness (QED) is 0.200. The second-order valence-electron chi connectivity index (χ2n) is 6.37. The molecule has 5 heteroatoms. The van der Waals surface area contributed by atoms with Gasteiger partial charge in [-0.2, -0.15) is 0 Å². The molecule has 0 spiro atoms. The van der Waals surface area contributed by atoms with Gasteiger partial charge in [-0.3, -0.25) is 0 Å². The molecule has 0 N–H and O–H groups in total. The Morgan fingerprint density at radius 2 is 1.64 bits per heavy atom. The molecule has 0 radical (unpaired) electrons. The monoisotopic (exact) mass is 456 g/mol. The van der Waals surface area contributed by atoms with Gasteiger partial charge in [0.05, 0.1) is 17.1 Å². The summed E-state index contributed by atoms with van der Waals surface area (Å²) >= 11 is 2.34. The van der Waals surface area contributed by atoms with Crippen LogP contribution in [0.1, 0.15) is 39.0 Å². The van der Waals surface area contributed by atoms with Gasteiger partial charge in [0.1, 0.15) is 11.6 Å². The molecule has 2 nitrogen and oxygen atoms in total. The van der Waals surface area contributed by atoms with E-state index in [1.807, 2.05) is 23.1 Å². The van der Waals surface area contributed by atoms with Crippen LogP contribution in [0.5, 0.6) is 0 Å². The van der Waals surface area contributed by atoms with Crippen molar-refractivity contribution >= 4 is 39.7 Å². The van der Waals surface area contributed by atoms with E-state index in [2.05, 4.69) is 40.5 Å². The molecular formula is C20H23F2IN2. The van der Waals surface area contributed by atoms with Gasteiger partial charge in [0, 0.05) is 12.6 Å². The van der Waals surface area contributed by atoms with Crippen LogP contribution in [-0.4, -0.2) is 10.7 Å². The maximum absolute atomic E-state index is 14.4. The molecule has 2 aromatic rings. The second-order valence-corrected chi connectivity index (χ2v) is 7.49. The lowest BCUT2D eigenvalue weighted by Crippen LogP contribution is -2.36. The number of anilines is 3. The normalized spacial score (nSPS) is 16.4. The second kappa shape index (κ2) is 8.34. The smallest absolute Gasteiger partial charge is 0.159 e. The molecule has 1 unspecified atom stereocenters. The molecular weight excluding hydrogens is 433 g/mol. The number of hydrogen-bond acceptors (Lipinski definition) is 2. The average Bonchev–Trinajstić information content (AvgIpc) is 2.87. The van der Waals surface area contributed by atoms with Crippen LogP contribution in [0, 0.1) is 11.6 Å². The van der Waals surface area contributed by atoms with Crippen molar-refractivity contribution in [2.75, 3.05) is 16.3 Å². The standard InChI is InChI=1S/C20H23F2IN2/c1-2-3-4-5-8-13-24-18-9-6-7-10-19(18)25(20(24)23)17-12-11-15(21)14-16(17)22/h6-7,9-12,14,20H,2-5,8,13H2,1H3. The summed E-state index contributed by atoms with van der Waals surface area (Å²) in [6.07, 6.45) is 6.10. The van der Waals surface area contributed by atoms with E-state index in [0.717, 1.165) is 30.4 Å². The number of para-hydroxylation sites is 2. The van der Waals surface area contributed by atoms with Crippen LogP contribution < -0.4 is 9.80 Å². The Bertz CT molecular complexity index is 723. The van der Waals surface area contributed by atoms with Gasteiger partial charge < -0.3 is 9.80 Å². The third-order valence-corrected chi connectivity index (χ3v) is 5.82. The molecule has 1 aliphatic rings. The molecule has 0 aromatic heterocycles. The van der Waals surface area contributed by atoms with Crippen LogP contribution >= 0.6 is 22.6 Å². The number of benzene rings is 2. The molecule has 2 aromatic carbocycles. The summed E-state index contributed by atoms with van der Waals surface area (Å²) in [4.78, 5) is 4.27. The van der Waals surface area contributed by atoms with E-state index < -0.39 is 11.6 Å². The summed E-state index contributed by atoms with van der Waals surface area (Å²) in [6, 6.07) is 11.8. The first-order valence-electron chi connectivity index (χ1n) is 8.87. The third kappa shape index (κ3) is 3.91. The molecule has 0 aliphatic carbocycles. The predicted molar refractivity (Wildman–Crippen MR) is 109 cm³/mol. The first-order chi connectivity index (χ1) is 12.1. The van der Waals surface area contributed by atoms with Crippen molar-refractivity contribution in [3.63, 3.8) is 0 Å². The summed E-state index contributed by atoms with van der Waals surface area (Å²) in [6.45, 7) is 3.15. The minimum absolute atomic E-state index is 0.0267. The highest BCUT2D eigenvalue weighted by Gasteiger charge is 2.35. The maximum atomic E-state index is 14.4. The van der Waals surface area contributed by atoms with Gasteiger partial charge in [0.25, 0.3) is 0 Å². The van der Waals surface area contributed by atoms with Crippen LogP contribution in [0.15, 0.2) is 42.5 Å². The topological polar surface area (TPSA) is 6.48 Å². The van der Waals surface area contributed by atoms with Gasteiger partial charge in [0.2, 0.25) is 0 Å². The Kier molecular flexibility index (Phi) is 6.15. The van der Waals surface area contributed by atoms with Crippen LogP contribution in [0.3, 0.4) is 0 Å². The highest BCUT2D eigenvalue weighted by atomic mass is 127. The van der Waals surface area contributed by atoms with E-state index in [1.165, 1.54) is 37.8 Å². The van der Waals surface area contributed by atoms with E-state index >= 15 is 0 Å². The molecule has 3 rings (SSSR count). The molecule has 0 fully saturated rings. The molecule has 0 saturated heterocycles. The van der Waals surface area contributed by atoms with Crippen molar-refractivity contribution in [3.05, 3.63) is 54.1 Å². The Labute approximate surface area is 162 Å². The van der Waals surface area contributed by atoms with Crippen LogP contribution in [0.4, 0.5) is 25.8 Å². The van der Waals surface area contributed by atoms with Crippen LogP contribution in [0.2, 0.25) is 0 Å². The largest absolute Gasteiger partial charge is 0.341 e. The number of halogens is 3. The fourth-order valence-electron chi connectivity index (χ4n) is 3.31. The SMILES string of the molecule is CCCCCCCN1c2ccccc2N(c2ccc(F)cc2F)C1I. The fourth-order valence-corrected chi connectivity index (χ4v) is 4.49. The molecule has 0 saturated carbocycles. The zero-order valence-corrected chi connectivity index (χ0v) is 16.5. The fraction of sp³-hybridized carbons (Fsp3) is 0.400. The van der Waals surface area contributed by atoms with E-state index in [4.69, 9.17) is 0 Å². The Balaban J connectivity index is 1.83. The summed E-state index contributed by atoms with van der Waals surface area (Å²) in [5, 5.41) is 0. The van der Waals surface area contributed by atoms with Crippen molar-refractivity contribution < 1.29 is 8.78 Å². The lowest BCUT2D eigenvalue weighted by molar-refractivity contribution is 0.581. The van der Waals surface area contributed by atoms with Gasteiger partial charge in [-0.05, 0) is 53.3 Å². The first-order valence-corrected chi connectivity index (χ1v) is 10.1. The minimum atomic E-state index is -0.550. The molecule has 0 amide bonds. The molecule has 0 bridgehead atoms. The van der Waals surface area contributed by atoms with Crippen molar-refractivity contribution in [3.8, 4) is 0 Å². The average molecular weight is 456 g/mol. The van der Waals surface area contributed by atoms with E-state index in [1.54, 1.807) is 0 Å². The molecule has 25 heavy (non-hydrogen) atoms. The molecule has 1 heterocycles. The van der Waals surface area contributed by atoms with E-state index in [-0.39, 0.29) is 4.17 Å². The van der Waals surface area contributed by atoms with E-state index in [9.17, 15) is 8.78 Å². The number of rotatable bonds is 7. The number of unbranched alkanes of at least 4 members (excludes halogenated alkanes) is 4. The minimum Gasteiger partial charge on any atom is -0.341 e. The summed E-state index contributed by atoms with van der Waals surface area (Å²) in [5.74, 6) is -1.08. The summed E-state index contributed by atoms with van der Waals surface area (Å²) in [5.41, 5.74) is 2.50. The molecule has 134 valence electrons. The first kappa shape index (κ1) is 18.4.